The number of nitrogens with two attached hydrogens (primary N) is 1. The Balaban J connectivity index is 3.22. The van der Waals surface area contributed by atoms with Crippen LogP contribution in [-0.4, -0.2) is 58.0 Å². The van der Waals surface area contributed by atoms with Crippen LogP contribution in [0, 0.1) is 0 Å². The fourth-order valence-electron chi connectivity index (χ4n) is 1.34. The van der Waals surface area contributed by atoms with Gasteiger partial charge in [0, 0.05) is 26.9 Å². The molecule has 0 amide bonds. The average molecular weight is 218 g/mol. The molecule has 0 spiro atoms. The number of nitrogens with zero attached hydrogens (tertiary/aromatic N) is 1. The molecule has 0 aliphatic heterocycles. The minimum absolute atomic E-state index is 0.769. The number of ether oxygens (including phenoxy) is 2. The predicted octanol–water partition coefficient (Wildman–Crippen LogP) is 0.710. The molecule has 0 unspecified atom stereocenters. The maximum absolute atomic E-state index is 5.50. The first-order chi connectivity index (χ1) is 7.35. The molecule has 0 rings (SSSR count). The summed E-state index contributed by atoms with van der Waals surface area (Å²) in [5, 5.41) is 0. The monoisotopic (exact) mass is 218 g/mol. The number of hydrogen-bond donors (Lipinski definition) is 1. The molecule has 0 bridgehead atoms. The fraction of sp³-hybridized carbons (Fsp3) is 1.00. The third-order valence-corrected chi connectivity index (χ3v) is 2.31. The Bertz CT molecular complexity index is 123. The molecular weight excluding hydrogens is 192 g/mol. The summed E-state index contributed by atoms with van der Waals surface area (Å²) in [6, 6.07) is 0. The largest absolute Gasteiger partial charge is 0.385 e. The smallest absolute Gasteiger partial charge is 0.0593 e. The van der Waals surface area contributed by atoms with Crippen LogP contribution in [0.3, 0.4) is 0 Å². The first-order valence-electron chi connectivity index (χ1n) is 5.84. The van der Waals surface area contributed by atoms with E-state index in [0.717, 1.165) is 58.8 Å². The summed E-state index contributed by atoms with van der Waals surface area (Å²) in [5.41, 5.74) is 5.47. The van der Waals surface area contributed by atoms with Crippen LogP contribution >= 0.6 is 0 Å². The van der Waals surface area contributed by atoms with E-state index in [2.05, 4.69) is 11.8 Å². The van der Waals surface area contributed by atoms with Gasteiger partial charge >= 0.3 is 0 Å². The lowest BCUT2D eigenvalue weighted by Crippen LogP contribution is -2.29. The zero-order valence-corrected chi connectivity index (χ0v) is 10.2. The molecule has 0 aromatic rings. The molecule has 0 aromatic carbocycles. The van der Waals surface area contributed by atoms with Crippen molar-refractivity contribution in [2.45, 2.75) is 19.8 Å². The molecule has 0 atom stereocenters. The third-order valence-electron chi connectivity index (χ3n) is 2.31. The van der Waals surface area contributed by atoms with Crippen molar-refractivity contribution in [1.82, 2.24) is 4.90 Å². The Labute approximate surface area is 93.7 Å². The van der Waals surface area contributed by atoms with Crippen molar-refractivity contribution in [3.63, 3.8) is 0 Å². The predicted molar refractivity (Wildman–Crippen MR) is 63.1 cm³/mol. The second-order valence-electron chi connectivity index (χ2n) is 3.54. The molecule has 4 heteroatoms. The molecular formula is C11H26N2O2. The van der Waals surface area contributed by atoms with Gasteiger partial charge in [0.05, 0.1) is 6.61 Å². The highest BCUT2D eigenvalue weighted by atomic mass is 16.5. The van der Waals surface area contributed by atoms with E-state index in [4.69, 9.17) is 15.2 Å². The van der Waals surface area contributed by atoms with E-state index in [9.17, 15) is 0 Å². The van der Waals surface area contributed by atoms with Crippen molar-refractivity contribution in [3.05, 3.63) is 0 Å². The second-order valence-corrected chi connectivity index (χ2v) is 3.54. The van der Waals surface area contributed by atoms with Crippen LogP contribution in [0.2, 0.25) is 0 Å². The van der Waals surface area contributed by atoms with Crippen LogP contribution in [0.1, 0.15) is 19.8 Å². The van der Waals surface area contributed by atoms with Crippen molar-refractivity contribution in [2.24, 2.45) is 5.73 Å². The van der Waals surface area contributed by atoms with Crippen LogP contribution in [0.5, 0.6) is 0 Å². The summed E-state index contributed by atoms with van der Waals surface area (Å²) in [4.78, 5) is 2.36. The molecule has 0 heterocycles. The Morgan fingerprint density at radius 2 is 1.87 bits per heavy atom. The van der Waals surface area contributed by atoms with Crippen molar-refractivity contribution in [3.8, 4) is 0 Å². The van der Waals surface area contributed by atoms with Crippen LogP contribution in [0.15, 0.2) is 0 Å². The van der Waals surface area contributed by atoms with Crippen LogP contribution in [-0.2, 0) is 9.47 Å². The van der Waals surface area contributed by atoms with E-state index in [1.807, 2.05) is 0 Å². The summed E-state index contributed by atoms with van der Waals surface area (Å²) in [6.07, 6.45) is 2.04. The highest BCUT2D eigenvalue weighted by Crippen LogP contribution is 1.91. The van der Waals surface area contributed by atoms with Crippen molar-refractivity contribution in [1.29, 1.82) is 0 Å². The Morgan fingerprint density at radius 3 is 2.47 bits per heavy atom. The van der Waals surface area contributed by atoms with Gasteiger partial charge in [0.25, 0.3) is 0 Å². The molecule has 4 nitrogen and oxygen atoms in total. The minimum atomic E-state index is 0.769. The van der Waals surface area contributed by atoms with Gasteiger partial charge in [-0.1, -0.05) is 6.92 Å². The van der Waals surface area contributed by atoms with Gasteiger partial charge in [0.1, 0.15) is 0 Å². The van der Waals surface area contributed by atoms with Gasteiger partial charge in [-0.2, -0.15) is 0 Å². The van der Waals surface area contributed by atoms with Gasteiger partial charge in [0.15, 0.2) is 0 Å². The minimum Gasteiger partial charge on any atom is -0.385 e. The molecule has 0 aliphatic carbocycles. The topological polar surface area (TPSA) is 47.7 Å². The SMILES string of the molecule is CCN(CCCN)CCOCCCOC. The van der Waals surface area contributed by atoms with E-state index in [1.165, 1.54) is 0 Å². The van der Waals surface area contributed by atoms with Gasteiger partial charge in [-0.3, -0.25) is 0 Å². The quantitative estimate of drug-likeness (QED) is 0.519. The molecule has 0 saturated carbocycles. The number of rotatable bonds is 11. The molecule has 0 fully saturated rings. The van der Waals surface area contributed by atoms with Gasteiger partial charge in [-0.05, 0) is 32.5 Å². The fourth-order valence-corrected chi connectivity index (χ4v) is 1.34. The zero-order valence-electron chi connectivity index (χ0n) is 10.2. The number of hydrogen-bond acceptors (Lipinski definition) is 4. The highest BCUT2D eigenvalue weighted by molar-refractivity contribution is 4.55. The Hall–Kier alpha value is -0.160. The molecule has 0 radical (unpaired) electrons. The third kappa shape index (κ3) is 10.1. The molecule has 92 valence electrons. The van der Waals surface area contributed by atoms with Gasteiger partial charge < -0.3 is 20.1 Å². The van der Waals surface area contributed by atoms with E-state index in [-0.39, 0.29) is 0 Å². The average Bonchev–Trinajstić information content (AvgIpc) is 2.27. The number of likely N-dealkylation sites (N-methyl/N-ethyl adjacent to an activating group) is 1. The van der Waals surface area contributed by atoms with E-state index >= 15 is 0 Å². The lowest BCUT2D eigenvalue weighted by atomic mass is 10.4. The van der Waals surface area contributed by atoms with Gasteiger partial charge in [-0.15, -0.1) is 0 Å². The highest BCUT2D eigenvalue weighted by Gasteiger charge is 2.00. The molecule has 2 N–H and O–H groups in total. The van der Waals surface area contributed by atoms with E-state index in [0.29, 0.717) is 0 Å². The van der Waals surface area contributed by atoms with E-state index in [1.54, 1.807) is 7.11 Å². The molecule has 15 heavy (non-hydrogen) atoms. The van der Waals surface area contributed by atoms with Crippen LogP contribution in [0.25, 0.3) is 0 Å². The first-order valence-corrected chi connectivity index (χ1v) is 5.84. The standard InChI is InChI=1S/C11H26N2O2/c1-3-13(7-4-6-12)8-11-15-10-5-9-14-2/h3-12H2,1-2H3. The summed E-state index contributed by atoms with van der Waals surface area (Å²) < 4.78 is 10.4. The summed E-state index contributed by atoms with van der Waals surface area (Å²) in [6.45, 7) is 8.47. The van der Waals surface area contributed by atoms with Crippen molar-refractivity contribution in [2.75, 3.05) is 53.1 Å². The summed E-state index contributed by atoms with van der Waals surface area (Å²) >= 11 is 0. The molecule has 0 saturated heterocycles. The van der Waals surface area contributed by atoms with Crippen molar-refractivity contribution >= 4 is 0 Å². The first kappa shape index (κ1) is 14.8. The summed E-state index contributed by atoms with van der Waals surface area (Å²) in [5.74, 6) is 0. The maximum atomic E-state index is 5.50. The lowest BCUT2D eigenvalue weighted by Gasteiger charge is -2.19. The van der Waals surface area contributed by atoms with Crippen LogP contribution < -0.4 is 5.73 Å². The van der Waals surface area contributed by atoms with Crippen LogP contribution in [0.4, 0.5) is 0 Å². The molecule has 0 aliphatic rings. The normalized spacial score (nSPS) is 11.2. The Kier molecular flexibility index (Phi) is 11.8. The zero-order chi connectivity index (χ0) is 11.4. The van der Waals surface area contributed by atoms with Crippen molar-refractivity contribution < 1.29 is 9.47 Å². The lowest BCUT2D eigenvalue weighted by molar-refractivity contribution is 0.0847. The second kappa shape index (κ2) is 11.9. The Morgan fingerprint density at radius 1 is 1.07 bits per heavy atom. The molecule has 0 aromatic heterocycles. The van der Waals surface area contributed by atoms with Gasteiger partial charge in [-0.25, -0.2) is 0 Å². The van der Waals surface area contributed by atoms with Gasteiger partial charge in [0.2, 0.25) is 0 Å². The summed E-state index contributed by atoms with van der Waals surface area (Å²) in [7, 11) is 1.71. The van der Waals surface area contributed by atoms with E-state index < -0.39 is 0 Å². The maximum Gasteiger partial charge on any atom is 0.0593 e. The number of methoxy groups -OCH3 is 1.